The van der Waals surface area contributed by atoms with Crippen LogP contribution in [-0.2, 0) is 6.54 Å². The molecule has 0 spiro atoms. The zero-order valence-electron chi connectivity index (χ0n) is 11.0. The summed E-state index contributed by atoms with van der Waals surface area (Å²) in [4.78, 5) is 4.73. The van der Waals surface area contributed by atoms with Crippen LogP contribution in [0.25, 0.3) is 0 Å². The highest BCUT2D eigenvalue weighted by molar-refractivity contribution is 5.25. The second-order valence-electron chi connectivity index (χ2n) is 4.60. The van der Waals surface area contributed by atoms with E-state index in [1.54, 1.807) is 0 Å². The Hall–Kier alpha value is -0.860. The molecule has 0 aliphatic heterocycles. The van der Waals surface area contributed by atoms with Crippen molar-refractivity contribution in [2.45, 2.75) is 20.4 Å². The number of rotatable bonds is 6. The quantitative estimate of drug-likeness (QED) is 0.726. The van der Waals surface area contributed by atoms with Gasteiger partial charge in [0.1, 0.15) is 0 Å². The summed E-state index contributed by atoms with van der Waals surface area (Å²) < 4.78 is 0. The largest absolute Gasteiger partial charge is 0.308 e. The first-order valence-corrected chi connectivity index (χ1v) is 6.05. The van der Waals surface area contributed by atoms with Crippen LogP contribution in [0.4, 0.5) is 0 Å². The lowest BCUT2D eigenvalue weighted by Crippen LogP contribution is -2.31. The molecular formula is C14H24N2. The van der Waals surface area contributed by atoms with Crippen LogP contribution in [0.15, 0.2) is 24.3 Å². The smallest absolute Gasteiger partial charge is 0.0236 e. The zero-order valence-corrected chi connectivity index (χ0v) is 11.0. The van der Waals surface area contributed by atoms with Crippen LogP contribution in [-0.4, -0.2) is 43.5 Å². The zero-order chi connectivity index (χ0) is 12.0. The molecule has 0 aliphatic rings. The molecule has 0 N–H and O–H groups in total. The molecule has 1 rings (SSSR count). The van der Waals surface area contributed by atoms with Gasteiger partial charge in [0.2, 0.25) is 0 Å². The molecule has 2 nitrogen and oxygen atoms in total. The van der Waals surface area contributed by atoms with Gasteiger partial charge in [-0.15, -0.1) is 0 Å². The van der Waals surface area contributed by atoms with Crippen LogP contribution < -0.4 is 0 Å². The molecule has 0 bridgehead atoms. The standard InChI is InChI=1S/C14H24N2/c1-5-16(11-10-15(3)4)12-14-9-7-6-8-13(14)2/h6-9H,5,10-12H2,1-4H3. The second kappa shape index (κ2) is 6.66. The van der Waals surface area contributed by atoms with Gasteiger partial charge in [0.25, 0.3) is 0 Å². The van der Waals surface area contributed by atoms with E-state index in [9.17, 15) is 0 Å². The van der Waals surface area contributed by atoms with Gasteiger partial charge in [-0.25, -0.2) is 0 Å². The Morgan fingerprint density at radius 1 is 1.06 bits per heavy atom. The van der Waals surface area contributed by atoms with E-state index in [1.807, 2.05) is 0 Å². The van der Waals surface area contributed by atoms with Crippen molar-refractivity contribution in [2.24, 2.45) is 0 Å². The molecule has 0 fully saturated rings. The Kier molecular flexibility index (Phi) is 5.50. The van der Waals surface area contributed by atoms with Crippen molar-refractivity contribution in [3.8, 4) is 0 Å². The Morgan fingerprint density at radius 2 is 1.75 bits per heavy atom. The molecule has 0 radical (unpaired) electrons. The van der Waals surface area contributed by atoms with E-state index in [1.165, 1.54) is 11.1 Å². The van der Waals surface area contributed by atoms with Crippen molar-refractivity contribution in [1.29, 1.82) is 0 Å². The maximum atomic E-state index is 2.49. The first kappa shape index (κ1) is 13.2. The normalized spacial score (nSPS) is 11.4. The lowest BCUT2D eigenvalue weighted by molar-refractivity contribution is 0.244. The van der Waals surface area contributed by atoms with Gasteiger partial charge in [-0.2, -0.15) is 0 Å². The third kappa shape index (κ3) is 4.33. The maximum Gasteiger partial charge on any atom is 0.0236 e. The summed E-state index contributed by atoms with van der Waals surface area (Å²) in [7, 11) is 4.25. The third-order valence-corrected chi connectivity index (χ3v) is 2.97. The van der Waals surface area contributed by atoms with Crippen LogP contribution in [0, 0.1) is 6.92 Å². The topological polar surface area (TPSA) is 6.48 Å². The fourth-order valence-electron chi connectivity index (χ4n) is 1.72. The van der Waals surface area contributed by atoms with Gasteiger partial charge in [0.15, 0.2) is 0 Å². The lowest BCUT2D eigenvalue weighted by Gasteiger charge is -2.23. The third-order valence-electron chi connectivity index (χ3n) is 2.97. The molecule has 0 atom stereocenters. The van der Waals surface area contributed by atoms with Crippen molar-refractivity contribution in [3.63, 3.8) is 0 Å². The number of nitrogens with zero attached hydrogens (tertiary/aromatic N) is 2. The van der Waals surface area contributed by atoms with Crippen molar-refractivity contribution < 1.29 is 0 Å². The summed E-state index contributed by atoms with van der Waals surface area (Å²) in [6.07, 6.45) is 0. The molecule has 1 aromatic rings. The van der Waals surface area contributed by atoms with Gasteiger partial charge in [-0.1, -0.05) is 31.2 Å². The predicted octanol–water partition coefficient (Wildman–Crippen LogP) is 2.38. The predicted molar refractivity (Wildman–Crippen MR) is 70.7 cm³/mol. The highest BCUT2D eigenvalue weighted by Crippen LogP contribution is 2.10. The summed E-state index contributed by atoms with van der Waals surface area (Å²) >= 11 is 0. The number of likely N-dealkylation sites (N-methyl/N-ethyl adjacent to an activating group) is 2. The Labute approximate surface area is 99.9 Å². The fraction of sp³-hybridized carbons (Fsp3) is 0.571. The average molecular weight is 220 g/mol. The first-order chi connectivity index (χ1) is 7.63. The van der Waals surface area contributed by atoms with Crippen LogP contribution in [0.1, 0.15) is 18.1 Å². The molecule has 0 saturated carbocycles. The highest BCUT2D eigenvalue weighted by atomic mass is 15.2. The van der Waals surface area contributed by atoms with Crippen LogP contribution in [0.3, 0.4) is 0 Å². The molecule has 0 aromatic heterocycles. The maximum absolute atomic E-state index is 2.49. The molecule has 0 aliphatic carbocycles. The van der Waals surface area contributed by atoms with Gasteiger partial charge in [0, 0.05) is 19.6 Å². The lowest BCUT2D eigenvalue weighted by atomic mass is 10.1. The highest BCUT2D eigenvalue weighted by Gasteiger charge is 2.05. The molecule has 90 valence electrons. The number of hydrogen-bond donors (Lipinski definition) is 0. The van der Waals surface area contributed by atoms with E-state index in [2.05, 4.69) is 62.0 Å². The van der Waals surface area contributed by atoms with E-state index in [4.69, 9.17) is 0 Å². The van der Waals surface area contributed by atoms with Crippen LogP contribution >= 0.6 is 0 Å². The minimum atomic E-state index is 1.07. The van der Waals surface area contributed by atoms with Gasteiger partial charge in [0.05, 0.1) is 0 Å². The molecule has 0 unspecified atom stereocenters. The van der Waals surface area contributed by atoms with Crippen molar-refractivity contribution in [1.82, 2.24) is 9.80 Å². The molecule has 0 heterocycles. The first-order valence-electron chi connectivity index (χ1n) is 6.05. The van der Waals surface area contributed by atoms with Crippen molar-refractivity contribution in [2.75, 3.05) is 33.7 Å². The van der Waals surface area contributed by atoms with E-state index in [0.717, 1.165) is 26.2 Å². The summed E-state index contributed by atoms with van der Waals surface area (Å²) in [5, 5.41) is 0. The molecule has 1 aromatic carbocycles. The fourth-order valence-corrected chi connectivity index (χ4v) is 1.72. The van der Waals surface area contributed by atoms with Crippen molar-refractivity contribution >= 4 is 0 Å². The molecule has 0 amide bonds. The summed E-state index contributed by atoms with van der Waals surface area (Å²) in [6.45, 7) is 8.86. The summed E-state index contributed by atoms with van der Waals surface area (Å²) in [5.74, 6) is 0. The van der Waals surface area contributed by atoms with E-state index >= 15 is 0 Å². The number of hydrogen-bond acceptors (Lipinski definition) is 2. The number of aryl methyl sites for hydroxylation is 1. The molecule has 2 heteroatoms. The summed E-state index contributed by atoms with van der Waals surface area (Å²) in [5.41, 5.74) is 2.84. The SMILES string of the molecule is CCN(CCN(C)C)Cc1ccccc1C. The monoisotopic (exact) mass is 220 g/mol. The Bertz CT molecular complexity index is 307. The minimum Gasteiger partial charge on any atom is -0.308 e. The number of benzene rings is 1. The van der Waals surface area contributed by atoms with Crippen LogP contribution in [0.2, 0.25) is 0 Å². The minimum absolute atomic E-state index is 1.07. The Morgan fingerprint density at radius 3 is 2.31 bits per heavy atom. The van der Waals surface area contributed by atoms with E-state index < -0.39 is 0 Å². The molecule has 16 heavy (non-hydrogen) atoms. The van der Waals surface area contributed by atoms with Gasteiger partial charge >= 0.3 is 0 Å². The average Bonchev–Trinajstić information content (AvgIpc) is 2.26. The van der Waals surface area contributed by atoms with Gasteiger partial charge in [-0.3, -0.25) is 4.90 Å². The summed E-state index contributed by atoms with van der Waals surface area (Å²) in [6, 6.07) is 8.65. The van der Waals surface area contributed by atoms with Crippen LogP contribution in [0.5, 0.6) is 0 Å². The van der Waals surface area contributed by atoms with Gasteiger partial charge in [-0.05, 0) is 38.7 Å². The van der Waals surface area contributed by atoms with Crippen molar-refractivity contribution in [3.05, 3.63) is 35.4 Å². The van der Waals surface area contributed by atoms with E-state index in [-0.39, 0.29) is 0 Å². The molecule has 0 saturated heterocycles. The molecular weight excluding hydrogens is 196 g/mol. The van der Waals surface area contributed by atoms with Gasteiger partial charge < -0.3 is 4.90 Å². The Balaban J connectivity index is 2.53. The van der Waals surface area contributed by atoms with E-state index in [0.29, 0.717) is 0 Å². The second-order valence-corrected chi connectivity index (χ2v) is 4.60.